The average molecular weight is 694 g/mol. The third-order valence-electron chi connectivity index (χ3n) is 9.90. The molecule has 3 N–H and O–H groups in total. The van der Waals surface area contributed by atoms with Crippen molar-refractivity contribution in [1.29, 1.82) is 0 Å². The summed E-state index contributed by atoms with van der Waals surface area (Å²) in [5, 5.41) is 4.56. The van der Waals surface area contributed by atoms with Gasteiger partial charge in [-0.2, -0.15) is 0 Å². The molecule has 0 saturated carbocycles. The van der Waals surface area contributed by atoms with Gasteiger partial charge >= 0.3 is 6.09 Å². The topological polar surface area (TPSA) is 146 Å². The minimum absolute atomic E-state index is 0.0462. The van der Waals surface area contributed by atoms with Gasteiger partial charge in [-0.25, -0.2) is 14.8 Å². The number of hydrogen-bond acceptors (Lipinski definition) is 7. The second-order valence-electron chi connectivity index (χ2n) is 13.3. The van der Waals surface area contributed by atoms with Gasteiger partial charge in [0.05, 0.1) is 43.1 Å². The Hall–Kier alpha value is -5.39. The molecule has 3 heterocycles. The Kier molecular flexibility index (Phi) is 10.6. The lowest BCUT2D eigenvalue weighted by atomic mass is 9.92. The predicted octanol–water partition coefficient (Wildman–Crippen LogP) is 7.08. The van der Waals surface area contributed by atoms with E-state index in [1.165, 1.54) is 7.11 Å². The van der Waals surface area contributed by atoms with Gasteiger partial charge < -0.3 is 34.6 Å². The SMILES string of the molecule is CCCC(=O)N(Cc1nc2ccc3cc4c(cc3c2[nH]1)OCc1cc(-c2cnc(CN(C(=O)CNC(=O)OC)[C@@H](C)CC)[nH]2)ccc1-4)[C@@H](C)CC. The molecule has 0 unspecified atom stereocenters. The Labute approximate surface area is 297 Å². The molecular formula is C39H47N7O5. The summed E-state index contributed by atoms with van der Waals surface area (Å²) in [4.78, 5) is 57.4. The molecule has 0 bridgehead atoms. The van der Waals surface area contributed by atoms with E-state index in [1.54, 1.807) is 11.1 Å². The number of carbonyl (C=O) groups excluding carboxylic acids is 3. The van der Waals surface area contributed by atoms with E-state index >= 15 is 0 Å². The first-order chi connectivity index (χ1) is 24.6. The summed E-state index contributed by atoms with van der Waals surface area (Å²) >= 11 is 0. The number of imidazole rings is 2. The minimum Gasteiger partial charge on any atom is -0.488 e. The van der Waals surface area contributed by atoms with E-state index in [-0.39, 0.29) is 37.0 Å². The maximum absolute atomic E-state index is 12.9. The molecule has 12 nitrogen and oxygen atoms in total. The summed E-state index contributed by atoms with van der Waals surface area (Å²) in [6.07, 6.45) is 4.11. The number of nitrogens with zero attached hydrogens (tertiary/aromatic N) is 4. The second-order valence-corrected chi connectivity index (χ2v) is 13.3. The Bertz CT molecular complexity index is 2070. The number of amides is 3. The van der Waals surface area contributed by atoms with Gasteiger partial charge in [-0.1, -0.05) is 39.0 Å². The molecule has 0 saturated heterocycles. The number of carbonyl (C=O) groups is 3. The van der Waals surface area contributed by atoms with Gasteiger partial charge in [0.1, 0.15) is 30.5 Å². The molecule has 12 heteroatoms. The zero-order valence-electron chi connectivity index (χ0n) is 30.3. The van der Waals surface area contributed by atoms with Crippen molar-refractivity contribution in [3.63, 3.8) is 0 Å². The molecule has 51 heavy (non-hydrogen) atoms. The molecule has 0 spiro atoms. The molecule has 2 atom stereocenters. The van der Waals surface area contributed by atoms with E-state index in [2.05, 4.69) is 75.3 Å². The highest BCUT2D eigenvalue weighted by Crippen LogP contribution is 2.42. The largest absolute Gasteiger partial charge is 0.488 e. The van der Waals surface area contributed by atoms with Crippen molar-refractivity contribution in [3.8, 4) is 28.1 Å². The number of aromatic nitrogens is 4. The first kappa shape index (κ1) is 35.4. The minimum atomic E-state index is -0.648. The molecule has 1 aliphatic rings. The Balaban J connectivity index is 1.23. The summed E-state index contributed by atoms with van der Waals surface area (Å²) in [6.45, 7) is 11.2. The van der Waals surface area contributed by atoms with Crippen LogP contribution in [0.3, 0.4) is 0 Å². The van der Waals surface area contributed by atoms with Crippen LogP contribution in [0.15, 0.2) is 48.7 Å². The van der Waals surface area contributed by atoms with Crippen LogP contribution in [0.5, 0.6) is 5.75 Å². The van der Waals surface area contributed by atoms with Crippen LogP contribution in [0, 0.1) is 0 Å². The number of benzene rings is 3. The zero-order chi connectivity index (χ0) is 36.2. The van der Waals surface area contributed by atoms with Crippen molar-refractivity contribution in [3.05, 3.63) is 65.9 Å². The highest BCUT2D eigenvalue weighted by Gasteiger charge is 2.24. The lowest BCUT2D eigenvalue weighted by molar-refractivity contribution is -0.134. The Morgan fingerprint density at radius 1 is 0.922 bits per heavy atom. The van der Waals surface area contributed by atoms with E-state index in [0.29, 0.717) is 25.4 Å². The maximum Gasteiger partial charge on any atom is 0.407 e. The number of aromatic amines is 2. The van der Waals surface area contributed by atoms with E-state index in [4.69, 9.17) is 9.72 Å². The van der Waals surface area contributed by atoms with Gasteiger partial charge in [0, 0.05) is 29.5 Å². The fourth-order valence-electron chi connectivity index (χ4n) is 6.60. The number of ether oxygens (including phenoxy) is 2. The fraction of sp³-hybridized carbons (Fsp3) is 0.410. The first-order valence-corrected chi connectivity index (χ1v) is 17.8. The number of methoxy groups -OCH3 is 1. The van der Waals surface area contributed by atoms with Crippen LogP contribution < -0.4 is 10.1 Å². The highest BCUT2D eigenvalue weighted by molar-refractivity contribution is 6.07. The summed E-state index contributed by atoms with van der Waals surface area (Å²) in [5.41, 5.74) is 6.79. The van der Waals surface area contributed by atoms with Gasteiger partial charge in [-0.05, 0) is 79.5 Å². The number of nitrogens with one attached hydrogen (secondary N) is 3. The molecule has 0 radical (unpaired) electrons. The number of fused-ring (bicyclic) bond motifs is 6. The van der Waals surface area contributed by atoms with Crippen LogP contribution in [-0.4, -0.2) is 73.4 Å². The molecule has 3 aromatic carbocycles. The van der Waals surface area contributed by atoms with Gasteiger partial charge in [0.15, 0.2) is 0 Å². The number of rotatable bonds is 13. The van der Waals surface area contributed by atoms with Crippen molar-refractivity contribution in [2.45, 2.75) is 92.1 Å². The average Bonchev–Trinajstić information content (AvgIpc) is 3.80. The van der Waals surface area contributed by atoms with Crippen LogP contribution >= 0.6 is 0 Å². The summed E-state index contributed by atoms with van der Waals surface area (Å²) in [6, 6.07) is 14.8. The lowest BCUT2D eigenvalue weighted by Crippen LogP contribution is -2.44. The van der Waals surface area contributed by atoms with E-state index in [9.17, 15) is 14.4 Å². The lowest BCUT2D eigenvalue weighted by Gasteiger charge is -2.28. The molecule has 1 aliphatic heterocycles. The Morgan fingerprint density at radius 3 is 2.39 bits per heavy atom. The molecular weight excluding hydrogens is 646 g/mol. The van der Waals surface area contributed by atoms with Crippen molar-refractivity contribution in [2.24, 2.45) is 0 Å². The molecule has 5 aromatic rings. The maximum atomic E-state index is 12.9. The first-order valence-electron chi connectivity index (χ1n) is 17.8. The quantitative estimate of drug-likeness (QED) is 0.120. The van der Waals surface area contributed by atoms with Crippen molar-refractivity contribution in [2.75, 3.05) is 13.7 Å². The predicted molar refractivity (Wildman–Crippen MR) is 197 cm³/mol. The van der Waals surface area contributed by atoms with Crippen molar-refractivity contribution < 1.29 is 23.9 Å². The standard InChI is InChI=1S/C39H47N7O5/c1-7-10-36(47)45(23(4)8-2)21-35-42-31-14-12-25-16-30-28-13-11-26(15-27(28)22-51-33(30)17-29(25)38(31)44-35)32-18-40-34(43-32)20-46(24(5)9-3)37(48)19-41-39(49)50-6/h11-18,23-24H,7-10,19-22H2,1-6H3,(H,40,43)(H,41,49)(H,42,44)/t23-,24-/m0/s1. The number of alkyl carbamates (subject to hydrolysis) is 1. The molecule has 3 amide bonds. The molecule has 268 valence electrons. The highest BCUT2D eigenvalue weighted by atomic mass is 16.5. The van der Waals surface area contributed by atoms with Crippen molar-refractivity contribution in [1.82, 2.24) is 35.1 Å². The fourth-order valence-corrected chi connectivity index (χ4v) is 6.60. The summed E-state index contributed by atoms with van der Waals surface area (Å²) in [7, 11) is 1.26. The van der Waals surface area contributed by atoms with E-state index < -0.39 is 6.09 Å². The van der Waals surface area contributed by atoms with Crippen LogP contribution in [0.25, 0.3) is 44.2 Å². The molecule has 2 aromatic heterocycles. The normalized spacial score (nSPS) is 13.2. The van der Waals surface area contributed by atoms with E-state index in [1.807, 2.05) is 31.7 Å². The van der Waals surface area contributed by atoms with Gasteiger partial charge in [-0.15, -0.1) is 0 Å². The van der Waals surface area contributed by atoms with Crippen LogP contribution in [0.1, 0.15) is 77.5 Å². The molecule has 0 aliphatic carbocycles. The van der Waals surface area contributed by atoms with Crippen molar-refractivity contribution >= 4 is 39.7 Å². The van der Waals surface area contributed by atoms with Crippen LogP contribution in [-0.2, 0) is 34.0 Å². The third kappa shape index (κ3) is 7.40. The van der Waals surface area contributed by atoms with Gasteiger partial charge in [0.2, 0.25) is 11.8 Å². The molecule has 6 rings (SSSR count). The van der Waals surface area contributed by atoms with E-state index in [0.717, 1.165) is 80.6 Å². The van der Waals surface area contributed by atoms with Crippen LogP contribution in [0.4, 0.5) is 4.79 Å². The van der Waals surface area contributed by atoms with Crippen LogP contribution in [0.2, 0.25) is 0 Å². The summed E-state index contributed by atoms with van der Waals surface area (Å²) < 4.78 is 10.9. The second kappa shape index (κ2) is 15.2. The molecule has 0 fully saturated rings. The number of H-pyrrole nitrogens is 2. The van der Waals surface area contributed by atoms with Gasteiger partial charge in [0.25, 0.3) is 0 Å². The smallest absolute Gasteiger partial charge is 0.407 e. The summed E-state index contributed by atoms with van der Waals surface area (Å²) in [5.74, 6) is 2.17. The Morgan fingerprint density at radius 2 is 1.67 bits per heavy atom. The van der Waals surface area contributed by atoms with Gasteiger partial charge in [-0.3, -0.25) is 9.59 Å². The number of hydrogen-bond donors (Lipinski definition) is 3. The third-order valence-corrected chi connectivity index (χ3v) is 9.90. The monoisotopic (exact) mass is 693 g/mol. The zero-order valence-corrected chi connectivity index (χ0v) is 30.3.